The molecule has 0 aromatic heterocycles. The van der Waals surface area contributed by atoms with Crippen molar-refractivity contribution in [2.45, 2.75) is 20.8 Å². The Balaban J connectivity index is 2.70. The van der Waals surface area contributed by atoms with Crippen LogP contribution in [0.3, 0.4) is 0 Å². The molecule has 1 heterocycles. The van der Waals surface area contributed by atoms with E-state index in [1.807, 2.05) is 0 Å². The molecule has 1 aliphatic heterocycles. The normalized spacial score (nSPS) is 17.2. The van der Waals surface area contributed by atoms with Gasteiger partial charge in [-0.15, -0.1) is 0 Å². The lowest BCUT2D eigenvalue weighted by atomic mass is 10.1. The monoisotopic (exact) mass is 246 g/mol. The highest BCUT2D eigenvalue weighted by atomic mass is 16.6. The summed E-state index contributed by atoms with van der Waals surface area (Å²) in [5.41, 5.74) is 1.21. The molecule has 0 saturated heterocycles. The van der Waals surface area contributed by atoms with Crippen LogP contribution in [0.25, 0.3) is 0 Å². The zero-order chi connectivity index (χ0) is 13.7. The number of allylic oxidation sites excluding steroid dienone is 5. The molecule has 18 heavy (non-hydrogen) atoms. The molecule has 1 rings (SSSR count). The van der Waals surface area contributed by atoms with E-state index >= 15 is 0 Å². The number of ether oxygens (including phenoxy) is 1. The Morgan fingerprint density at radius 1 is 1.06 bits per heavy atom. The molecule has 0 amide bonds. The van der Waals surface area contributed by atoms with E-state index in [4.69, 9.17) is 0 Å². The van der Waals surface area contributed by atoms with E-state index in [2.05, 4.69) is 4.74 Å². The van der Waals surface area contributed by atoms with Crippen molar-refractivity contribution in [1.29, 1.82) is 0 Å². The summed E-state index contributed by atoms with van der Waals surface area (Å²) in [5.74, 6) is -1.22. The molecule has 0 aliphatic carbocycles. The Morgan fingerprint density at radius 2 is 1.72 bits per heavy atom. The maximum atomic E-state index is 11.2. The van der Waals surface area contributed by atoms with Crippen LogP contribution in [0.5, 0.6) is 0 Å². The van der Waals surface area contributed by atoms with Crippen molar-refractivity contribution in [1.82, 2.24) is 0 Å². The molecular weight excluding hydrogens is 232 g/mol. The fraction of sp³-hybridized carbons (Fsp3) is 0.214. The number of hydrogen-bond acceptors (Lipinski definition) is 4. The van der Waals surface area contributed by atoms with Crippen molar-refractivity contribution in [3.8, 4) is 0 Å². The first kappa shape index (κ1) is 13.8. The second kappa shape index (κ2) is 5.91. The molecule has 0 bridgehead atoms. The number of carbonyl (C=O) groups excluding carboxylic acids is 3. The van der Waals surface area contributed by atoms with Gasteiger partial charge in [0.15, 0.2) is 5.78 Å². The molecule has 0 N–H and O–H groups in total. The standard InChI is InChI=1S/C14H14O4/c1-9(11(3)15)7-5-4-6-8-12-10(2)13(16)18-14(12)17/h4-8H,1-3H3. The number of esters is 2. The van der Waals surface area contributed by atoms with E-state index in [1.54, 1.807) is 31.2 Å². The molecule has 0 unspecified atom stereocenters. The number of rotatable bonds is 4. The average molecular weight is 246 g/mol. The maximum absolute atomic E-state index is 11.2. The van der Waals surface area contributed by atoms with Crippen LogP contribution < -0.4 is 0 Å². The summed E-state index contributed by atoms with van der Waals surface area (Å²) in [4.78, 5) is 33.2. The van der Waals surface area contributed by atoms with E-state index in [-0.39, 0.29) is 11.4 Å². The molecule has 0 aromatic rings. The third-order valence-electron chi connectivity index (χ3n) is 2.50. The van der Waals surface area contributed by atoms with E-state index in [0.717, 1.165) is 0 Å². The van der Waals surface area contributed by atoms with Gasteiger partial charge in [0.05, 0.1) is 5.57 Å². The summed E-state index contributed by atoms with van der Waals surface area (Å²) in [6.45, 7) is 4.75. The Morgan fingerprint density at radius 3 is 2.22 bits per heavy atom. The number of cyclic esters (lactones) is 2. The first-order chi connectivity index (χ1) is 8.43. The fourth-order valence-corrected chi connectivity index (χ4v) is 1.20. The lowest BCUT2D eigenvalue weighted by molar-refractivity contribution is -0.150. The van der Waals surface area contributed by atoms with Crippen LogP contribution in [-0.4, -0.2) is 17.7 Å². The molecule has 94 valence electrons. The molecule has 0 atom stereocenters. The summed E-state index contributed by atoms with van der Waals surface area (Å²) in [6, 6.07) is 0. The van der Waals surface area contributed by atoms with Gasteiger partial charge in [-0.1, -0.05) is 24.3 Å². The van der Waals surface area contributed by atoms with E-state index in [9.17, 15) is 14.4 Å². The number of Topliss-reactive ketones (excluding diaryl/α,β-unsaturated/α-hetero) is 1. The van der Waals surface area contributed by atoms with Crippen LogP contribution in [0.1, 0.15) is 20.8 Å². The van der Waals surface area contributed by atoms with Gasteiger partial charge in [0, 0.05) is 5.57 Å². The molecule has 4 nitrogen and oxygen atoms in total. The summed E-state index contributed by atoms with van der Waals surface area (Å²) < 4.78 is 4.43. The average Bonchev–Trinajstić information content (AvgIpc) is 2.54. The number of carbonyl (C=O) groups is 3. The van der Waals surface area contributed by atoms with Crippen molar-refractivity contribution in [3.63, 3.8) is 0 Å². The van der Waals surface area contributed by atoms with Crippen LogP contribution in [-0.2, 0) is 19.1 Å². The number of ketones is 1. The van der Waals surface area contributed by atoms with Crippen molar-refractivity contribution in [3.05, 3.63) is 47.1 Å². The van der Waals surface area contributed by atoms with Gasteiger partial charge in [-0.25, -0.2) is 9.59 Å². The van der Waals surface area contributed by atoms with Crippen molar-refractivity contribution < 1.29 is 19.1 Å². The molecule has 0 fully saturated rings. The molecule has 0 aromatic carbocycles. The minimum atomic E-state index is -0.627. The van der Waals surface area contributed by atoms with Gasteiger partial charge in [0.25, 0.3) is 0 Å². The van der Waals surface area contributed by atoms with E-state index < -0.39 is 11.9 Å². The second-order valence-electron chi connectivity index (χ2n) is 3.87. The maximum Gasteiger partial charge on any atom is 0.346 e. The minimum Gasteiger partial charge on any atom is -0.386 e. The highest BCUT2D eigenvalue weighted by Gasteiger charge is 2.27. The zero-order valence-corrected chi connectivity index (χ0v) is 10.5. The van der Waals surface area contributed by atoms with Crippen LogP contribution in [0.15, 0.2) is 47.1 Å². The predicted molar refractivity (Wildman–Crippen MR) is 66.5 cm³/mol. The fourth-order valence-electron chi connectivity index (χ4n) is 1.20. The third-order valence-corrected chi connectivity index (χ3v) is 2.50. The largest absolute Gasteiger partial charge is 0.386 e. The van der Waals surface area contributed by atoms with Gasteiger partial charge in [-0.2, -0.15) is 0 Å². The molecule has 4 heteroatoms. The number of hydrogen-bond donors (Lipinski definition) is 0. The van der Waals surface area contributed by atoms with Gasteiger partial charge < -0.3 is 4.74 Å². The Kier molecular flexibility index (Phi) is 4.54. The molecular formula is C14H14O4. The Bertz CT molecular complexity index is 516. The first-order valence-corrected chi connectivity index (χ1v) is 5.43. The predicted octanol–water partition coefficient (Wildman–Crippen LogP) is 2.03. The molecule has 0 spiro atoms. The molecule has 1 aliphatic rings. The van der Waals surface area contributed by atoms with Gasteiger partial charge in [0.2, 0.25) is 0 Å². The summed E-state index contributed by atoms with van der Waals surface area (Å²) in [6.07, 6.45) is 8.15. The van der Waals surface area contributed by atoms with Crippen LogP contribution in [0.2, 0.25) is 0 Å². The SMILES string of the molecule is CC(=O)C(C)=CC=CC=CC1=C(C)C(=O)OC1=O. The van der Waals surface area contributed by atoms with Crippen LogP contribution in [0.4, 0.5) is 0 Å². The molecule has 0 saturated carbocycles. The van der Waals surface area contributed by atoms with Crippen LogP contribution in [0, 0.1) is 0 Å². The van der Waals surface area contributed by atoms with Crippen molar-refractivity contribution in [2.24, 2.45) is 0 Å². The quantitative estimate of drug-likeness (QED) is 0.329. The lowest BCUT2D eigenvalue weighted by Gasteiger charge is -1.88. The second-order valence-corrected chi connectivity index (χ2v) is 3.87. The lowest BCUT2D eigenvalue weighted by Crippen LogP contribution is -2.00. The van der Waals surface area contributed by atoms with Gasteiger partial charge >= 0.3 is 11.9 Å². The minimum absolute atomic E-state index is 0.00662. The first-order valence-electron chi connectivity index (χ1n) is 5.43. The zero-order valence-electron chi connectivity index (χ0n) is 10.5. The summed E-state index contributed by atoms with van der Waals surface area (Å²) >= 11 is 0. The van der Waals surface area contributed by atoms with E-state index in [0.29, 0.717) is 11.1 Å². The van der Waals surface area contributed by atoms with Gasteiger partial charge in [-0.05, 0) is 32.4 Å². The highest BCUT2D eigenvalue weighted by molar-refractivity contribution is 6.13. The van der Waals surface area contributed by atoms with Crippen molar-refractivity contribution >= 4 is 17.7 Å². The topological polar surface area (TPSA) is 60.4 Å². The highest BCUT2D eigenvalue weighted by Crippen LogP contribution is 2.17. The van der Waals surface area contributed by atoms with Crippen molar-refractivity contribution in [2.75, 3.05) is 0 Å². The third kappa shape index (κ3) is 3.38. The summed E-state index contributed by atoms with van der Waals surface area (Å²) in [7, 11) is 0. The summed E-state index contributed by atoms with van der Waals surface area (Å²) in [5, 5.41) is 0. The van der Waals surface area contributed by atoms with Gasteiger partial charge in [0.1, 0.15) is 0 Å². The van der Waals surface area contributed by atoms with Crippen LogP contribution >= 0.6 is 0 Å². The smallest absolute Gasteiger partial charge is 0.346 e. The van der Waals surface area contributed by atoms with E-state index in [1.165, 1.54) is 19.9 Å². The Hall–Kier alpha value is -2.23. The molecule has 0 radical (unpaired) electrons. The van der Waals surface area contributed by atoms with Gasteiger partial charge in [-0.3, -0.25) is 4.79 Å². The Labute approximate surface area is 105 Å².